The van der Waals surface area contributed by atoms with Gasteiger partial charge < -0.3 is 10.0 Å². The van der Waals surface area contributed by atoms with E-state index in [1.807, 2.05) is 25.1 Å². The highest BCUT2D eigenvalue weighted by atomic mass is 35.5. The number of nitrogens with zero attached hydrogens (tertiary/aromatic N) is 2. The third-order valence-corrected chi connectivity index (χ3v) is 4.28. The summed E-state index contributed by atoms with van der Waals surface area (Å²) in [6.07, 6.45) is 0. The van der Waals surface area contributed by atoms with E-state index in [1.54, 1.807) is 30.2 Å². The number of likely N-dealkylation sites (N-methyl/N-ethyl adjacent to an activating group) is 1. The molecular formula is C16H19ClN2O2S. The van der Waals surface area contributed by atoms with Crippen LogP contribution in [0.15, 0.2) is 29.6 Å². The molecule has 0 fully saturated rings. The second-order valence-electron chi connectivity index (χ2n) is 5.65. The van der Waals surface area contributed by atoms with Crippen molar-refractivity contribution in [3.05, 3.63) is 40.4 Å². The Bertz CT molecular complexity index is 664. The first-order chi connectivity index (χ1) is 10.3. The highest BCUT2D eigenvalue weighted by Crippen LogP contribution is 2.30. The normalized spacial score (nSPS) is 11.5. The molecule has 0 saturated carbocycles. The average molecular weight is 339 g/mol. The Morgan fingerprint density at radius 1 is 1.41 bits per heavy atom. The molecule has 0 aliphatic rings. The molecule has 6 heteroatoms. The number of hydrogen-bond acceptors (Lipinski definition) is 4. The Kier molecular flexibility index (Phi) is 5.21. The molecule has 118 valence electrons. The lowest BCUT2D eigenvalue weighted by atomic mass is 10.1. The van der Waals surface area contributed by atoms with Crippen molar-refractivity contribution in [1.82, 2.24) is 9.88 Å². The van der Waals surface area contributed by atoms with Crippen LogP contribution in [0.25, 0.3) is 10.6 Å². The SMILES string of the molecule is CCN(CC(C)(C)O)C(=O)c1csc(-c2ccccc2Cl)n1. The van der Waals surface area contributed by atoms with Gasteiger partial charge in [0.25, 0.3) is 5.91 Å². The largest absolute Gasteiger partial charge is 0.389 e. The maximum Gasteiger partial charge on any atom is 0.273 e. The maximum absolute atomic E-state index is 12.5. The van der Waals surface area contributed by atoms with Crippen molar-refractivity contribution in [2.45, 2.75) is 26.4 Å². The topological polar surface area (TPSA) is 53.4 Å². The van der Waals surface area contributed by atoms with Crippen molar-refractivity contribution in [1.29, 1.82) is 0 Å². The Morgan fingerprint density at radius 2 is 2.09 bits per heavy atom. The molecule has 2 rings (SSSR count). The minimum Gasteiger partial charge on any atom is -0.389 e. The molecule has 1 heterocycles. The summed E-state index contributed by atoms with van der Waals surface area (Å²) in [5.74, 6) is -0.181. The zero-order valence-corrected chi connectivity index (χ0v) is 14.4. The fourth-order valence-electron chi connectivity index (χ4n) is 2.09. The van der Waals surface area contributed by atoms with Gasteiger partial charge >= 0.3 is 0 Å². The molecule has 4 nitrogen and oxygen atoms in total. The Balaban J connectivity index is 2.24. The van der Waals surface area contributed by atoms with Gasteiger partial charge in [0, 0.05) is 24.0 Å². The number of aromatic nitrogens is 1. The summed E-state index contributed by atoms with van der Waals surface area (Å²) in [5, 5.41) is 13.0. The lowest BCUT2D eigenvalue weighted by Gasteiger charge is -2.27. The number of rotatable bonds is 5. The molecule has 1 N–H and O–H groups in total. The van der Waals surface area contributed by atoms with Crippen LogP contribution in [0.2, 0.25) is 5.02 Å². The molecule has 1 aromatic heterocycles. The maximum atomic E-state index is 12.5. The monoisotopic (exact) mass is 338 g/mol. The van der Waals surface area contributed by atoms with Gasteiger partial charge in [-0.15, -0.1) is 11.3 Å². The van der Waals surface area contributed by atoms with Crippen LogP contribution in [-0.2, 0) is 0 Å². The Morgan fingerprint density at radius 3 is 2.68 bits per heavy atom. The van der Waals surface area contributed by atoms with Gasteiger partial charge in [-0.2, -0.15) is 0 Å². The summed E-state index contributed by atoms with van der Waals surface area (Å²) in [6, 6.07) is 7.42. The smallest absolute Gasteiger partial charge is 0.273 e. The van der Waals surface area contributed by atoms with E-state index >= 15 is 0 Å². The van der Waals surface area contributed by atoms with Crippen molar-refractivity contribution >= 4 is 28.8 Å². The number of halogens is 1. The number of carbonyl (C=O) groups excluding carboxylic acids is 1. The van der Waals surface area contributed by atoms with Gasteiger partial charge in [0.1, 0.15) is 10.7 Å². The molecule has 0 bridgehead atoms. The Labute approximate surface area is 139 Å². The Hall–Kier alpha value is -1.43. The first-order valence-corrected chi connectivity index (χ1v) is 8.29. The van der Waals surface area contributed by atoms with Crippen molar-refractivity contribution in [3.8, 4) is 10.6 Å². The molecular weight excluding hydrogens is 320 g/mol. The van der Waals surface area contributed by atoms with Gasteiger partial charge in [-0.3, -0.25) is 4.79 Å². The highest BCUT2D eigenvalue weighted by Gasteiger charge is 2.24. The van der Waals surface area contributed by atoms with E-state index in [4.69, 9.17) is 11.6 Å². The third kappa shape index (κ3) is 4.06. The fourth-order valence-corrected chi connectivity index (χ4v) is 3.20. The van der Waals surface area contributed by atoms with Gasteiger partial charge in [-0.05, 0) is 26.8 Å². The number of carbonyl (C=O) groups is 1. The standard InChI is InChI=1S/C16H19ClN2O2S/c1-4-19(10-16(2,3)21)15(20)13-9-22-14(18-13)11-7-5-6-8-12(11)17/h5-9,21H,4,10H2,1-3H3. The molecule has 0 aliphatic carbocycles. The third-order valence-electron chi connectivity index (χ3n) is 3.07. The van der Waals surface area contributed by atoms with Crippen LogP contribution in [0.3, 0.4) is 0 Å². The van der Waals surface area contributed by atoms with Gasteiger partial charge in [0.2, 0.25) is 0 Å². The van der Waals surface area contributed by atoms with Crippen LogP contribution in [-0.4, -0.2) is 39.6 Å². The minimum absolute atomic E-state index is 0.181. The number of benzene rings is 1. The number of hydrogen-bond donors (Lipinski definition) is 1. The minimum atomic E-state index is -0.937. The van der Waals surface area contributed by atoms with Crippen LogP contribution in [0.5, 0.6) is 0 Å². The number of thiazole rings is 1. The van der Waals surface area contributed by atoms with E-state index in [0.717, 1.165) is 5.56 Å². The number of aliphatic hydroxyl groups is 1. The summed E-state index contributed by atoms with van der Waals surface area (Å²) in [4.78, 5) is 18.5. The average Bonchev–Trinajstić information content (AvgIpc) is 2.93. The summed E-state index contributed by atoms with van der Waals surface area (Å²) < 4.78 is 0. The predicted molar refractivity (Wildman–Crippen MR) is 90.4 cm³/mol. The van der Waals surface area contributed by atoms with E-state index in [9.17, 15) is 9.90 Å². The molecule has 1 amide bonds. The molecule has 0 radical (unpaired) electrons. The van der Waals surface area contributed by atoms with E-state index in [1.165, 1.54) is 11.3 Å². The summed E-state index contributed by atoms with van der Waals surface area (Å²) in [6.45, 7) is 6.02. The van der Waals surface area contributed by atoms with Crippen molar-refractivity contribution in [2.24, 2.45) is 0 Å². The van der Waals surface area contributed by atoms with Gasteiger partial charge in [-0.1, -0.05) is 29.8 Å². The quantitative estimate of drug-likeness (QED) is 0.904. The molecule has 2 aromatic rings. The van der Waals surface area contributed by atoms with Crippen LogP contribution in [0.4, 0.5) is 0 Å². The predicted octanol–water partition coefficient (Wildman–Crippen LogP) is 3.70. The number of amides is 1. The zero-order valence-electron chi connectivity index (χ0n) is 12.8. The second-order valence-corrected chi connectivity index (χ2v) is 6.91. The first kappa shape index (κ1) is 16.9. The summed E-state index contributed by atoms with van der Waals surface area (Å²) >= 11 is 7.55. The highest BCUT2D eigenvalue weighted by molar-refractivity contribution is 7.13. The second kappa shape index (κ2) is 6.77. The van der Waals surface area contributed by atoms with Gasteiger partial charge in [-0.25, -0.2) is 4.98 Å². The van der Waals surface area contributed by atoms with E-state index < -0.39 is 5.60 Å². The van der Waals surface area contributed by atoms with Gasteiger partial charge in [0.15, 0.2) is 0 Å². The molecule has 0 atom stereocenters. The first-order valence-electron chi connectivity index (χ1n) is 7.04. The van der Waals surface area contributed by atoms with Crippen LogP contribution in [0.1, 0.15) is 31.3 Å². The zero-order chi connectivity index (χ0) is 16.3. The van der Waals surface area contributed by atoms with Gasteiger partial charge in [0.05, 0.1) is 10.6 Å². The van der Waals surface area contributed by atoms with E-state index in [0.29, 0.717) is 22.3 Å². The van der Waals surface area contributed by atoms with E-state index in [2.05, 4.69) is 4.98 Å². The van der Waals surface area contributed by atoms with Crippen LogP contribution >= 0.6 is 22.9 Å². The lowest BCUT2D eigenvalue weighted by Crippen LogP contribution is -2.42. The molecule has 0 aliphatic heterocycles. The lowest BCUT2D eigenvalue weighted by molar-refractivity contribution is 0.0312. The van der Waals surface area contributed by atoms with Crippen LogP contribution < -0.4 is 0 Å². The molecule has 1 aromatic carbocycles. The summed E-state index contributed by atoms with van der Waals surface area (Å²) in [7, 11) is 0. The van der Waals surface area contributed by atoms with Crippen molar-refractivity contribution < 1.29 is 9.90 Å². The van der Waals surface area contributed by atoms with Crippen LogP contribution in [0, 0.1) is 0 Å². The fraction of sp³-hybridized carbons (Fsp3) is 0.375. The van der Waals surface area contributed by atoms with E-state index in [-0.39, 0.29) is 12.5 Å². The molecule has 0 unspecified atom stereocenters. The summed E-state index contributed by atoms with van der Waals surface area (Å²) in [5.41, 5.74) is 0.262. The molecule has 22 heavy (non-hydrogen) atoms. The van der Waals surface area contributed by atoms with Crippen molar-refractivity contribution in [3.63, 3.8) is 0 Å². The molecule has 0 saturated heterocycles. The van der Waals surface area contributed by atoms with Crippen molar-refractivity contribution in [2.75, 3.05) is 13.1 Å². The molecule has 0 spiro atoms.